The van der Waals surface area contributed by atoms with Gasteiger partial charge in [-0.15, -0.1) is 13.8 Å². The van der Waals surface area contributed by atoms with Crippen molar-refractivity contribution in [2.24, 2.45) is 13.8 Å². The van der Waals surface area contributed by atoms with E-state index in [1.165, 1.54) is 14.2 Å². The predicted molar refractivity (Wildman–Crippen MR) is 65.7 cm³/mol. The third-order valence-electron chi connectivity index (χ3n) is 1.93. The lowest BCUT2D eigenvalue weighted by Gasteiger charge is -2.10. The zero-order valence-corrected chi connectivity index (χ0v) is 10.8. The molecule has 0 saturated carbocycles. The van der Waals surface area contributed by atoms with Crippen LogP contribution in [0, 0.1) is 11.6 Å². The van der Waals surface area contributed by atoms with Crippen molar-refractivity contribution in [2.75, 3.05) is 14.2 Å². The Morgan fingerprint density at radius 2 is 1.95 bits per heavy atom. The number of halogens is 2. The molecule has 0 saturated heterocycles. The number of aliphatic imine (C=N–C) groups is 1. The molecule has 0 N–H and O–H groups in total. The Labute approximate surface area is 110 Å². The Morgan fingerprint density at radius 3 is 2.63 bits per heavy atom. The zero-order valence-electron chi connectivity index (χ0n) is 9.96. The van der Waals surface area contributed by atoms with E-state index in [4.69, 9.17) is 13.7 Å². The molecule has 0 spiro atoms. The molecule has 1 aliphatic heterocycles. The van der Waals surface area contributed by atoms with Gasteiger partial charge in [0.05, 0.1) is 14.2 Å². The minimum absolute atomic E-state index is 0.0213. The molecule has 0 fully saturated rings. The average molecular weight is 289 g/mol. The Kier molecular flexibility index (Phi) is 4.17. The fourth-order valence-corrected chi connectivity index (χ4v) is 1.78. The maximum atomic E-state index is 13.4. The van der Waals surface area contributed by atoms with Crippen LogP contribution < -0.4 is 4.74 Å². The van der Waals surface area contributed by atoms with Crippen molar-refractivity contribution in [3.8, 4) is 5.75 Å². The van der Waals surface area contributed by atoms with E-state index >= 15 is 0 Å². The molecule has 1 aliphatic rings. The minimum atomic E-state index is -1.18. The van der Waals surface area contributed by atoms with Crippen molar-refractivity contribution in [3.05, 3.63) is 29.8 Å². The first kappa shape index (κ1) is 13.6. The Hall–Kier alpha value is -1.87. The molecular formula is C10H9F2N3O3S. The topological polar surface area (TPSA) is 64.8 Å². The number of hydrogen-bond donors (Lipinski definition) is 0. The van der Waals surface area contributed by atoms with E-state index in [1.54, 1.807) is 0 Å². The van der Waals surface area contributed by atoms with Gasteiger partial charge in [-0.25, -0.2) is 8.78 Å². The lowest BCUT2D eigenvalue weighted by Crippen LogP contribution is -2.16. The van der Waals surface area contributed by atoms with E-state index in [9.17, 15) is 8.78 Å². The number of ether oxygens (including phenoxy) is 2. The molecule has 1 atom stereocenters. The molecule has 0 aliphatic carbocycles. The first-order chi connectivity index (χ1) is 9.12. The molecule has 6 nitrogen and oxygen atoms in total. The molecule has 9 heteroatoms. The van der Waals surface area contributed by atoms with Gasteiger partial charge in [-0.05, 0) is 12.1 Å². The van der Waals surface area contributed by atoms with Gasteiger partial charge in [-0.3, -0.25) is 4.18 Å². The van der Waals surface area contributed by atoms with Crippen LogP contribution in [0.25, 0.3) is 0 Å². The van der Waals surface area contributed by atoms with Crippen LogP contribution >= 0.6 is 0 Å². The molecule has 0 bridgehead atoms. The lowest BCUT2D eigenvalue weighted by atomic mass is 10.3. The standard InChI is InChI=1S/C10H9F2N3O3S/c1-16-9-13-10(15-19(14-9)17-2)18-8-5-6(11)3-4-7(8)12/h3-5H,1-2H3. The smallest absolute Gasteiger partial charge is 0.336 e. The Balaban J connectivity index is 2.28. The number of hydrogen-bond acceptors (Lipinski definition) is 6. The fourth-order valence-electron chi connectivity index (χ4n) is 1.13. The van der Waals surface area contributed by atoms with Crippen LogP contribution in [0.15, 0.2) is 32.0 Å². The van der Waals surface area contributed by atoms with Crippen molar-refractivity contribution in [2.45, 2.75) is 0 Å². The number of amidine groups is 2. The van der Waals surface area contributed by atoms with Gasteiger partial charge in [0, 0.05) is 6.07 Å². The van der Waals surface area contributed by atoms with Gasteiger partial charge in [-0.2, -0.15) is 0 Å². The highest BCUT2D eigenvalue weighted by Gasteiger charge is 2.15. The summed E-state index contributed by atoms with van der Waals surface area (Å²) in [5.41, 5.74) is 0. The van der Waals surface area contributed by atoms with Gasteiger partial charge in [0.1, 0.15) is 5.82 Å². The lowest BCUT2D eigenvalue weighted by molar-refractivity contribution is 0.393. The van der Waals surface area contributed by atoms with Crippen molar-refractivity contribution in [1.82, 2.24) is 0 Å². The second kappa shape index (κ2) is 5.85. The van der Waals surface area contributed by atoms with Crippen LogP contribution in [0.4, 0.5) is 8.78 Å². The van der Waals surface area contributed by atoms with Crippen molar-refractivity contribution in [3.63, 3.8) is 0 Å². The summed E-state index contributed by atoms with van der Waals surface area (Å²) in [6, 6.07) is 2.56. The van der Waals surface area contributed by atoms with Gasteiger partial charge in [0.25, 0.3) is 0 Å². The van der Waals surface area contributed by atoms with Crippen LogP contribution in [0.5, 0.6) is 5.75 Å². The maximum absolute atomic E-state index is 13.4. The maximum Gasteiger partial charge on any atom is 0.336 e. The summed E-state index contributed by atoms with van der Waals surface area (Å²) in [6.45, 7) is 0. The molecule has 19 heavy (non-hydrogen) atoms. The van der Waals surface area contributed by atoms with Gasteiger partial charge >= 0.3 is 12.0 Å². The Bertz CT molecular complexity index is 585. The highest BCUT2D eigenvalue weighted by atomic mass is 32.2. The van der Waals surface area contributed by atoms with Gasteiger partial charge in [-0.1, -0.05) is 0 Å². The number of benzene rings is 1. The highest BCUT2D eigenvalue weighted by Crippen LogP contribution is 2.19. The summed E-state index contributed by atoms with van der Waals surface area (Å²) >= 11 is -1.18. The quantitative estimate of drug-likeness (QED) is 0.836. The molecule has 1 heterocycles. The third-order valence-corrected chi connectivity index (χ3v) is 2.85. The van der Waals surface area contributed by atoms with Gasteiger partial charge < -0.3 is 9.47 Å². The largest absolute Gasteiger partial charge is 0.466 e. The molecule has 0 radical (unpaired) electrons. The normalized spacial score (nSPS) is 18.2. The van der Waals surface area contributed by atoms with E-state index in [0.29, 0.717) is 0 Å². The first-order valence-corrected chi connectivity index (χ1v) is 6.03. The monoisotopic (exact) mass is 289 g/mol. The van der Waals surface area contributed by atoms with E-state index in [2.05, 4.69) is 13.8 Å². The fraction of sp³-hybridized carbons (Fsp3) is 0.200. The van der Waals surface area contributed by atoms with Gasteiger partial charge in [0.2, 0.25) is 0 Å². The van der Waals surface area contributed by atoms with Crippen LogP contribution in [0.3, 0.4) is 0 Å². The number of rotatable bonds is 2. The average Bonchev–Trinajstić information content (AvgIpc) is 2.42. The molecule has 2 rings (SSSR count). The zero-order chi connectivity index (χ0) is 13.8. The molecule has 0 amide bonds. The second-order valence-electron chi connectivity index (χ2n) is 3.14. The third kappa shape index (κ3) is 3.32. The predicted octanol–water partition coefficient (Wildman–Crippen LogP) is 1.99. The molecule has 1 unspecified atom stereocenters. The Morgan fingerprint density at radius 1 is 1.16 bits per heavy atom. The summed E-state index contributed by atoms with van der Waals surface area (Å²) in [5.74, 6) is -1.71. The molecule has 1 aromatic carbocycles. The highest BCUT2D eigenvalue weighted by molar-refractivity contribution is 7.81. The summed E-state index contributed by atoms with van der Waals surface area (Å²) in [4.78, 5) is 3.76. The van der Waals surface area contributed by atoms with Crippen LogP contribution in [-0.4, -0.2) is 26.3 Å². The van der Waals surface area contributed by atoms with Crippen molar-refractivity contribution >= 4 is 23.2 Å². The number of nitrogens with zero attached hydrogens (tertiary/aromatic N) is 3. The van der Waals surface area contributed by atoms with E-state index < -0.39 is 22.8 Å². The number of methoxy groups -OCH3 is 1. The van der Waals surface area contributed by atoms with Crippen LogP contribution in [-0.2, 0) is 20.1 Å². The summed E-state index contributed by atoms with van der Waals surface area (Å²) < 4.78 is 48.9. The van der Waals surface area contributed by atoms with E-state index in [1.807, 2.05) is 0 Å². The van der Waals surface area contributed by atoms with Crippen molar-refractivity contribution < 1.29 is 22.4 Å². The second-order valence-corrected chi connectivity index (χ2v) is 4.30. The summed E-state index contributed by atoms with van der Waals surface area (Å²) in [6.07, 6.45) is 0. The molecule has 102 valence electrons. The summed E-state index contributed by atoms with van der Waals surface area (Å²) in [7, 11) is 2.74. The van der Waals surface area contributed by atoms with Gasteiger partial charge in [0.15, 0.2) is 22.7 Å². The van der Waals surface area contributed by atoms with E-state index in [0.717, 1.165) is 18.2 Å². The van der Waals surface area contributed by atoms with E-state index in [-0.39, 0.29) is 17.8 Å². The SMILES string of the molecule is COC1=NS(OC)=NC(Oc2cc(F)ccc2F)=N1. The molecule has 0 aromatic heterocycles. The summed E-state index contributed by atoms with van der Waals surface area (Å²) in [5, 5.41) is 0. The van der Waals surface area contributed by atoms with Crippen molar-refractivity contribution in [1.29, 1.82) is 0 Å². The molecular weight excluding hydrogens is 280 g/mol. The first-order valence-electron chi connectivity index (χ1n) is 4.97. The van der Waals surface area contributed by atoms with Crippen LogP contribution in [0.2, 0.25) is 0 Å². The van der Waals surface area contributed by atoms with Crippen LogP contribution in [0.1, 0.15) is 0 Å². The minimum Gasteiger partial charge on any atom is -0.466 e. The molecule has 1 aromatic rings.